The molecule has 1 N–H and O–H groups in total. The maximum atomic E-state index is 13.3. The first-order valence-electron chi connectivity index (χ1n) is 10.9. The smallest absolute Gasteiger partial charge is 0.336 e. The second-order valence-corrected chi connectivity index (χ2v) is 8.57. The quantitative estimate of drug-likeness (QED) is 0.658. The molecule has 1 fully saturated rings. The van der Waals surface area contributed by atoms with Crippen molar-refractivity contribution in [2.45, 2.75) is 39.4 Å². The van der Waals surface area contributed by atoms with E-state index in [1.54, 1.807) is 4.90 Å². The Labute approximate surface area is 195 Å². The van der Waals surface area contributed by atoms with E-state index in [9.17, 15) is 27.6 Å². The lowest BCUT2D eigenvalue weighted by Gasteiger charge is -2.35. The van der Waals surface area contributed by atoms with Crippen LogP contribution in [0.25, 0.3) is 0 Å². The molecule has 0 aromatic heterocycles. The minimum absolute atomic E-state index is 0.0395. The van der Waals surface area contributed by atoms with Crippen LogP contribution in [0.15, 0.2) is 29.3 Å². The number of nitrogens with one attached hydrogen (secondary N) is 1. The van der Waals surface area contributed by atoms with Gasteiger partial charge in [-0.15, -0.1) is 0 Å². The molecule has 11 heteroatoms. The van der Waals surface area contributed by atoms with Crippen molar-refractivity contribution >= 4 is 23.5 Å². The van der Waals surface area contributed by atoms with Crippen LogP contribution < -0.4 is 10.2 Å². The third-order valence-corrected chi connectivity index (χ3v) is 5.87. The SMILES string of the molecule is CC1=C(CCN2CCN(C(=O)NC(C)C)CC2)C(=O)N(c2ccc(C#N)c(C(F)(F)F)c2)C1=O. The van der Waals surface area contributed by atoms with Crippen LogP contribution in [0.1, 0.15) is 38.3 Å². The Bertz CT molecular complexity index is 1070. The van der Waals surface area contributed by atoms with E-state index in [-0.39, 0.29) is 35.3 Å². The molecule has 2 aliphatic heterocycles. The largest absolute Gasteiger partial charge is 0.417 e. The van der Waals surface area contributed by atoms with E-state index >= 15 is 0 Å². The maximum absolute atomic E-state index is 13.3. The fourth-order valence-corrected chi connectivity index (χ4v) is 4.00. The van der Waals surface area contributed by atoms with Gasteiger partial charge in [-0.25, -0.2) is 9.69 Å². The lowest BCUT2D eigenvalue weighted by molar-refractivity contribution is -0.138. The van der Waals surface area contributed by atoms with Crippen LogP contribution >= 0.6 is 0 Å². The van der Waals surface area contributed by atoms with Crippen LogP contribution in [0.4, 0.5) is 23.7 Å². The van der Waals surface area contributed by atoms with Crippen LogP contribution in [0.5, 0.6) is 0 Å². The first-order valence-corrected chi connectivity index (χ1v) is 10.9. The lowest BCUT2D eigenvalue weighted by atomic mass is 10.1. The fraction of sp³-hybridized carbons (Fsp3) is 0.478. The molecule has 0 atom stereocenters. The van der Waals surface area contributed by atoms with E-state index in [2.05, 4.69) is 10.2 Å². The average molecular weight is 477 g/mol. The molecule has 0 aliphatic carbocycles. The van der Waals surface area contributed by atoms with Crippen molar-refractivity contribution in [3.63, 3.8) is 0 Å². The highest BCUT2D eigenvalue weighted by molar-refractivity contribution is 6.32. The Morgan fingerprint density at radius 1 is 1.15 bits per heavy atom. The topological polar surface area (TPSA) is 96.8 Å². The summed E-state index contributed by atoms with van der Waals surface area (Å²) in [7, 11) is 0. The molecule has 8 nitrogen and oxygen atoms in total. The van der Waals surface area contributed by atoms with E-state index < -0.39 is 29.1 Å². The van der Waals surface area contributed by atoms with Gasteiger partial charge in [0.05, 0.1) is 22.9 Å². The molecule has 0 saturated carbocycles. The molecular weight excluding hydrogens is 451 g/mol. The zero-order valence-corrected chi connectivity index (χ0v) is 19.2. The van der Waals surface area contributed by atoms with Crippen molar-refractivity contribution < 1.29 is 27.6 Å². The molecule has 1 aromatic rings. The molecule has 2 aliphatic rings. The molecule has 182 valence electrons. The van der Waals surface area contributed by atoms with Gasteiger partial charge in [0.2, 0.25) is 0 Å². The van der Waals surface area contributed by atoms with E-state index in [4.69, 9.17) is 5.26 Å². The van der Waals surface area contributed by atoms with Gasteiger partial charge in [-0.05, 0) is 45.4 Å². The number of amides is 4. The van der Waals surface area contributed by atoms with Crippen molar-refractivity contribution in [3.05, 3.63) is 40.5 Å². The van der Waals surface area contributed by atoms with Crippen LogP contribution in [-0.4, -0.2) is 66.4 Å². The first kappa shape index (κ1) is 25.2. The van der Waals surface area contributed by atoms with Crippen molar-refractivity contribution in [2.75, 3.05) is 37.6 Å². The highest BCUT2D eigenvalue weighted by Crippen LogP contribution is 2.36. The minimum atomic E-state index is -4.80. The van der Waals surface area contributed by atoms with Gasteiger partial charge in [0.1, 0.15) is 0 Å². The summed E-state index contributed by atoms with van der Waals surface area (Å²) in [5.41, 5.74) is -1.55. The number of piperazine rings is 1. The van der Waals surface area contributed by atoms with E-state index in [0.29, 0.717) is 38.8 Å². The molecule has 34 heavy (non-hydrogen) atoms. The van der Waals surface area contributed by atoms with Crippen molar-refractivity contribution in [2.24, 2.45) is 0 Å². The van der Waals surface area contributed by atoms with Gasteiger partial charge in [-0.1, -0.05) is 0 Å². The summed E-state index contributed by atoms with van der Waals surface area (Å²) in [6, 6.07) is 4.18. The summed E-state index contributed by atoms with van der Waals surface area (Å²) in [5, 5.41) is 11.8. The molecule has 4 amide bonds. The summed E-state index contributed by atoms with van der Waals surface area (Å²) in [5.74, 6) is -1.33. The number of carbonyl (C=O) groups excluding carboxylic acids is 3. The number of nitrogens with zero attached hydrogens (tertiary/aromatic N) is 4. The van der Waals surface area contributed by atoms with Gasteiger partial charge in [-0.3, -0.25) is 14.5 Å². The number of anilines is 1. The molecule has 0 unspecified atom stereocenters. The summed E-state index contributed by atoms with van der Waals surface area (Å²) in [6.07, 6.45) is -4.54. The average Bonchev–Trinajstić information content (AvgIpc) is 2.99. The number of carbonyl (C=O) groups is 3. The predicted octanol–water partition coefficient (Wildman–Crippen LogP) is 2.89. The number of nitriles is 1. The molecule has 2 heterocycles. The third-order valence-electron chi connectivity index (χ3n) is 5.87. The number of hydrogen-bond donors (Lipinski definition) is 1. The summed E-state index contributed by atoms with van der Waals surface area (Å²) in [4.78, 5) is 42.4. The predicted molar refractivity (Wildman–Crippen MR) is 118 cm³/mol. The highest BCUT2D eigenvalue weighted by Gasteiger charge is 2.39. The molecule has 1 saturated heterocycles. The standard InChI is InChI=1S/C23H26F3N5O3/c1-14(2)28-22(34)30-10-8-29(9-11-30)7-6-18-15(3)20(32)31(21(18)33)17-5-4-16(13-27)19(12-17)23(24,25)26/h4-5,12,14H,6-11H2,1-3H3,(H,28,34). The molecule has 0 spiro atoms. The molecular formula is C23H26F3N5O3. The number of hydrogen-bond acceptors (Lipinski definition) is 5. The summed E-state index contributed by atoms with van der Waals surface area (Å²) < 4.78 is 40.0. The van der Waals surface area contributed by atoms with Gasteiger partial charge in [0.25, 0.3) is 11.8 Å². The maximum Gasteiger partial charge on any atom is 0.417 e. The van der Waals surface area contributed by atoms with Crippen LogP contribution in [-0.2, 0) is 15.8 Å². The molecule has 1 aromatic carbocycles. The van der Waals surface area contributed by atoms with E-state index in [1.807, 2.05) is 13.8 Å². The van der Waals surface area contributed by atoms with Crippen LogP contribution in [0.2, 0.25) is 0 Å². The number of halogens is 3. The molecule has 0 bridgehead atoms. The summed E-state index contributed by atoms with van der Waals surface area (Å²) in [6.45, 7) is 7.99. The Balaban J connectivity index is 1.67. The minimum Gasteiger partial charge on any atom is -0.336 e. The van der Waals surface area contributed by atoms with Gasteiger partial charge < -0.3 is 10.2 Å². The third kappa shape index (κ3) is 5.22. The van der Waals surface area contributed by atoms with Crippen molar-refractivity contribution in [3.8, 4) is 6.07 Å². The number of benzene rings is 1. The van der Waals surface area contributed by atoms with E-state index in [1.165, 1.54) is 19.1 Å². The first-order chi connectivity index (χ1) is 15.9. The van der Waals surface area contributed by atoms with Crippen LogP contribution in [0, 0.1) is 11.3 Å². The number of alkyl halides is 3. The number of urea groups is 1. The van der Waals surface area contributed by atoms with Crippen molar-refractivity contribution in [1.82, 2.24) is 15.1 Å². The van der Waals surface area contributed by atoms with Gasteiger partial charge in [0.15, 0.2) is 0 Å². The van der Waals surface area contributed by atoms with E-state index in [0.717, 1.165) is 11.0 Å². The molecule has 0 radical (unpaired) electrons. The van der Waals surface area contributed by atoms with Gasteiger partial charge in [-0.2, -0.15) is 18.4 Å². The Hall–Kier alpha value is -3.39. The van der Waals surface area contributed by atoms with Gasteiger partial charge in [0, 0.05) is 49.9 Å². The monoisotopic (exact) mass is 477 g/mol. The highest BCUT2D eigenvalue weighted by atomic mass is 19.4. The van der Waals surface area contributed by atoms with Crippen molar-refractivity contribution in [1.29, 1.82) is 5.26 Å². The Kier molecular flexibility index (Phi) is 7.31. The zero-order chi connectivity index (χ0) is 25.2. The second-order valence-electron chi connectivity index (χ2n) is 8.57. The Morgan fingerprint density at radius 3 is 2.35 bits per heavy atom. The summed E-state index contributed by atoms with van der Waals surface area (Å²) >= 11 is 0. The lowest BCUT2D eigenvalue weighted by Crippen LogP contribution is -2.52. The van der Waals surface area contributed by atoms with Crippen LogP contribution in [0.3, 0.4) is 0 Å². The number of rotatable bonds is 5. The normalized spacial score (nSPS) is 17.6. The number of imide groups is 1. The molecule has 3 rings (SSSR count). The fourth-order valence-electron chi connectivity index (χ4n) is 4.00. The van der Waals surface area contributed by atoms with Gasteiger partial charge >= 0.3 is 12.2 Å². The Morgan fingerprint density at radius 2 is 1.79 bits per heavy atom. The second kappa shape index (κ2) is 9.85. The zero-order valence-electron chi connectivity index (χ0n) is 19.2.